The van der Waals surface area contributed by atoms with Crippen LogP contribution in [0.3, 0.4) is 0 Å². The first kappa shape index (κ1) is 11.7. The van der Waals surface area contributed by atoms with Gasteiger partial charge in [0.05, 0.1) is 7.11 Å². The summed E-state index contributed by atoms with van der Waals surface area (Å²) in [7, 11) is 1.24. The molecule has 0 atom stereocenters. The smallest absolute Gasteiger partial charge is 0.349 e. The molecule has 0 bridgehead atoms. The molecule has 0 aliphatic carbocycles. The number of esters is 2. The molecule has 0 aliphatic rings. The van der Waals surface area contributed by atoms with E-state index in [9.17, 15) is 9.59 Å². The minimum absolute atomic E-state index is 0.557. The molecule has 0 saturated heterocycles. The van der Waals surface area contributed by atoms with Crippen molar-refractivity contribution in [2.45, 2.75) is 26.4 Å². The fraction of sp³-hybridized carbons (Fsp3) is 0.556. The predicted molar refractivity (Wildman–Crippen MR) is 47.0 cm³/mol. The Labute approximate surface area is 77.5 Å². The number of ether oxygens (including phenoxy) is 2. The van der Waals surface area contributed by atoms with E-state index in [-0.39, 0.29) is 0 Å². The number of allylic oxidation sites excluding steroid dienone is 1. The van der Waals surface area contributed by atoms with Crippen LogP contribution in [-0.4, -0.2) is 24.6 Å². The van der Waals surface area contributed by atoms with Gasteiger partial charge in [0.25, 0.3) is 0 Å². The lowest BCUT2D eigenvalue weighted by molar-refractivity contribution is -0.173. The van der Waals surface area contributed by atoms with E-state index in [2.05, 4.69) is 4.74 Å². The standard InChI is InChI=1S/C9H14O4/c1-5-6-7(10)13-9(2,3)8(11)12-4/h5-6H,1-4H3. The largest absolute Gasteiger partial charge is 0.466 e. The van der Waals surface area contributed by atoms with Crippen molar-refractivity contribution in [1.29, 1.82) is 0 Å². The van der Waals surface area contributed by atoms with E-state index in [1.807, 2.05) is 0 Å². The third kappa shape index (κ3) is 3.73. The maximum absolute atomic E-state index is 11.0. The van der Waals surface area contributed by atoms with Gasteiger partial charge in [-0.25, -0.2) is 9.59 Å². The van der Waals surface area contributed by atoms with Gasteiger partial charge in [0.2, 0.25) is 5.60 Å². The molecular formula is C9H14O4. The summed E-state index contributed by atoms with van der Waals surface area (Å²) in [4.78, 5) is 22.0. The summed E-state index contributed by atoms with van der Waals surface area (Å²) in [5.41, 5.74) is -1.23. The highest BCUT2D eigenvalue weighted by Gasteiger charge is 2.32. The predicted octanol–water partition coefficient (Wildman–Crippen LogP) is 1.06. The van der Waals surface area contributed by atoms with Crippen molar-refractivity contribution < 1.29 is 19.1 Å². The second-order valence-corrected chi connectivity index (χ2v) is 2.92. The highest BCUT2D eigenvalue weighted by Crippen LogP contribution is 2.11. The Hall–Kier alpha value is -1.32. The van der Waals surface area contributed by atoms with Crippen LogP contribution in [-0.2, 0) is 19.1 Å². The van der Waals surface area contributed by atoms with E-state index in [0.717, 1.165) is 0 Å². The monoisotopic (exact) mass is 186 g/mol. The van der Waals surface area contributed by atoms with Crippen LogP contribution in [0.15, 0.2) is 12.2 Å². The van der Waals surface area contributed by atoms with Crippen LogP contribution < -0.4 is 0 Å². The Balaban J connectivity index is 4.33. The molecule has 4 heteroatoms. The number of methoxy groups -OCH3 is 1. The van der Waals surface area contributed by atoms with E-state index in [1.165, 1.54) is 33.1 Å². The second-order valence-electron chi connectivity index (χ2n) is 2.92. The van der Waals surface area contributed by atoms with E-state index in [4.69, 9.17) is 4.74 Å². The van der Waals surface area contributed by atoms with Crippen LogP contribution in [0.4, 0.5) is 0 Å². The highest BCUT2D eigenvalue weighted by atomic mass is 16.6. The molecule has 0 spiro atoms. The van der Waals surface area contributed by atoms with Crippen molar-refractivity contribution >= 4 is 11.9 Å². The van der Waals surface area contributed by atoms with E-state index in [1.54, 1.807) is 6.92 Å². The molecule has 0 amide bonds. The Morgan fingerprint density at radius 3 is 2.23 bits per heavy atom. The summed E-state index contributed by atoms with van der Waals surface area (Å²) in [5.74, 6) is -1.14. The van der Waals surface area contributed by atoms with Crippen molar-refractivity contribution in [2.24, 2.45) is 0 Å². The van der Waals surface area contributed by atoms with Gasteiger partial charge in [0.1, 0.15) is 0 Å². The summed E-state index contributed by atoms with van der Waals surface area (Å²) >= 11 is 0. The van der Waals surface area contributed by atoms with Crippen molar-refractivity contribution in [1.82, 2.24) is 0 Å². The van der Waals surface area contributed by atoms with Crippen LogP contribution in [0.2, 0.25) is 0 Å². The lowest BCUT2D eigenvalue weighted by Crippen LogP contribution is -2.37. The first-order valence-electron chi connectivity index (χ1n) is 3.88. The first-order valence-corrected chi connectivity index (χ1v) is 3.88. The molecule has 0 aliphatic heterocycles. The summed E-state index contributed by atoms with van der Waals surface area (Å²) in [6.07, 6.45) is 2.78. The summed E-state index contributed by atoms with van der Waals surface area (Å²) in [6, 6.07) is 0. The zero-order chi connectivity index (χ0) is 10.5. The SMILES string of the molecule is CC=CC(=O)OC(C)(C)C(=O)OC. The summed E-state index contributed by atoms with van der Waals surface area (Å²) in [5, 5.41) is 0. The van der Waals surface area contributed by atoms with E-state index in [0.29, 0.717) is 0 Å². The Morgan fingerprint density at radius 2 is 1.85 bits per heavy atom. The average Bonchev–Trinajstić information content (AvgIpc) is 2.02. The molecular weight excluding hydrogens is 172 g/mol. The maximum atomic E-state index is 11.0. The van der Waals surface area contributed by atoms with Crippen LogP contribution in [0.1, 0.15) is 20.8 Å². The molecule has 13 heavy (non-hydrogen) atoms. The lowest BCUT2D eigenvalue weighted by Gasteiger charge is -2.20. The normalized spacial score (nSPS) is 11.4. The molecule has 0 rings (SSSR count). The molecule has 0 radical (unpaired) electrons. The average molecular weight is 186 g/mol. The number of hydrogen-bond donors (Lipinski definition) is 0. The van der Waals surface area contributed by atoms with Crippen LogP contribution in [0.5, 0.6) is 0 Å². The van der Waals surface area contributed by atoms with Gasteiger partial charge in [-0.3, -0.25) is 0 Å². The quantitative estimate of drug-likeness (QED) is 0.488. The van der Waals surface area contributed by atoms with Crippen molar-refractivity contribution in [3.63, 3.8) is 0 Å². The zero-order valence-electron chi connectivity index (χ0n) is 8.29. The highest BCUT2D eigenvalue weighted by molar-refractivity contribution is 5.87. The number of rotatable bonds is 3. The molecule has 0 aromatic heterocycles. The van der Waals surface area contributed by atoms with Gasteiger partial charge in [-0.05, 0) is 20.8 Å². The van der Waals surface area contributed by atoms with Crippen molar-refractivity contribution in [2.75, 3.05) is 7.11 Å². The minimum atomic E-state index is -1.23. The minimum Gasteiger partial charge on any atom is -0.466 e. The second kappa shape index (κ2) is 4.64. The number of carbonyl (C=O) groups is 2. The van der Waals surface area contributed by atoms with Crippen LogP contribution in [0, 0.1) is 0 Å². The van der Waals surface area contributed by atoms with Gasteiger partial charge in [0.15, 0.2) is 0 Å². The first-order chi connectivity index (χ1) is 5.94. The maximum Gasteiger partial charge on any atom is 0.349 e. The van der Waals surface area contributed by atoms with E-state index < -0.39 is 17.5 Å². The van der Waals surface area contributed by atoms with Gasteiger partial charge in [0, 0.05) is 6.08 Å². The molecule has 4 nitrogen and oxygen atoms in total. The Bertz CT molecular complexity index is 228. The van der Waals surface area contributed by atoms with E-state index >= 15 is 0 Å². The van der Waals surface area contributed by atoms with Gasteiger partial charge in [-0.2, -0.15) is 0 Å². The van der Waals surface area contributed by atoms with Crippen LogP contribution >= 0.6 is 0 Å². The summed E-state index contributed by atoms with van der Waals surface area (Å²) < 4.78 is 9.28. The van der Waals surface area contributed by atoms with Crippen molar-refractivity contribution in [3.05, 3.63) is 12.2 Å². The molecule has 0 fully saturated rings. The molecule has 0 aromatic rings. The van der Waals surface area contributed by atoms with Crippen LogP contribution in [0.25, 0.3) is 0 Å². The van der Waals surface area contributed by atoms with Gasteiger partial charge >= 0.3 is 11.9 Å². The third-order valence-corrected chi connectivity index (χ3v) is 1.34. The molecule has 0 unspecified atom stereocenters. The molecule has 0 heterocycles. The molecule has 74 valence electrons. The molecule has 0 saturated carbocycles. The number of hydrogen-bond acceptors (Lipinski definition) is 4. The number of carbonyl (C=O) groups excluding carboxylic acids is 2. The van der Waals surface area contributed by atoms with Crippen molar-refractivity contribution in [3.8, 4) is 0 Å². The van der Waals surface area contributed by atoms with Gasteiger partial charge < -0.3 is 9.47 Å². The van der Waals surface area contributed by atoms with Gasteiger partial charge in [-0.15, -0.1) is 0 Å². The Kier molecular flexibility index (Phi) is 4.17. The fourth-order valence-electron chi connectivity index (χ4n) is 0.709. The molecule has 0 N–H and O–H groups in total. The lowest BCUT2D eigenvalue weighted by atomic mass is 10.1. The third-order valence-electron chi connectivity index (χ3n) is 1.34. The zero-order valence-corrected chi connectivity index (χ0v) is 8.29. The molecule has 0 aromatic carbocycles. The topological polar surface area (TPSA) is 52.6 Å². The Morgan fingerprint density at radius 1 is 1.31 bits per heavy atom. The fourth-order valence-corrected chi connectivity index (χ4v) is 0.709. The summed E-state index contributed by atoms with van der Waals surface area (Å²) in [6.45, 7) is 4.63. The van der Waals surface area contributed by atoms with Gasteiger partial charge in [-0.1, -0.05) is 6.08 Å².